The number of hydrogen-bond acceptors (Lipinski definition) is 4. The summed E-state index contributed by atoms with van der Waals surface area (Å²) >= 11 is 0. The molecule has 0 radical (unpaired) electrons. The number of nitrogens with two attached hydrogens (primary N) is 2. The molecule has 0 aliphatic heterocycles. The van der Waals surface area contributed by atoms with Crippen LogP contribution in [0.25, 0.3) is 0 Å². The molecule has 0 aliphatic rings. The van der Waals surface area contributed by atoms with E-state index in [9.17, 15) is 4.79 Å². The topological polar surface area (TPSA) is 106 Å². The maximum absolute atomic E-state index is 11.5. The number of nitrogens with one attached hydrogen (secondary N) is 1. The fraction of sp³-hybridized carbons (Fsp3) is 0.348. The smallest absolute Gasteiger partial charge is 0.317 e. The molecule has 0 bridgehead atoms. The quantitative estimate of drug-likeness (QED) is 0.328. The van der Waals surface area contributed by atoms with Gasteiger partial charge in [0, 0.05) is 28.8 Å². The van der Waals surface area contributed by atoms with Crippen molar-refractivity contribution in [3.8, 4) is 0 Å². The van der Waals surface area contributed by atoms with Crippen molar-refractivity contribution in [1.82, 2.24) is 5.32 Å². The molecule has 5 N–H and O–H groups in total. The summed E-state index contributed by atoms with van der Waals surface area (Å²) < 4.78 is 0. The lowest BCUT2D eigenvalue weighted by Gasteiger charge is -2.13. The summed E-state index contributed by atoms with van der Waals surface area (Å²) in [6.07, 6.45) is 7.58. The van der Waals surface area contributed by atoms with Crippen molar-refractivity contribution < 1.29 is 4.79 Å². The Bertz CT molecular complexity index is 832. The van der Waals surface area contributed by atoms with Gasteiger partial charge in [-0.2, -0.15) is 0 Å². The first kappa shape index (κ1) is 23.9. The molecular weight excluding hydrogens is 362 g/mol. The van der Waals surface area contributed by atoms with Gasteiger partial charge in [-0.25, -0.2) is 9.79 Å². The number of hydrogen-bond donors (Lipinski definition) is 3. The van der Waals surface area contributed by atoms with Crippen LogP contribution in [0.3, 0.4) is 0 Å². The summed E-state index contributed by atoms with van der Waals surface area (Å²) in [7, 11) is 0. The van der Waals surface area contributed by atoms with E-state index in [1.54, 1.807) is 13.1 Å². The highest BCUT2D eigenvalue weighted by Gasteiger charge is 2.12. The first-order chi connectivity index (χ1) is 13.8. The minimum atomic E-state index is -0.702. The highest BCUT2D eigenvalue weighted by Crippen LogP contribution is 2.17. The number of primary amides is 1. The number of amidine groups is 1. The number of allylic oxidation sites excluding steroid dienone is 2. The highest BCUT2D eigenvalue weighted by atomic mass is 16.2. The Kier molecular flexibility index (Phi) is 10.2. The molecule has 29 heavy (non-hydrogen) atoms. The lowest BCUT2D eigenvalue weighted by atomic mass is 10.0. The van der Waals surface area contributed by atoms with E-state index in [0.717, 1.165) is 24.1 Å². The molecule has 1 unspecified atom stereocenters. The molecule has 1 atom stereocenters. The van der Waals surface area contributed by atoms with Gasteiger partial charge in [-0.1, -0.05) is 51.1 Å². The van der Waals surface area contributed by atoms with Crippen molar-refractivity contribution in [3.63, 3.8) is 0 Å². The SMILES string of the molecule is CC/C=C\C(=C/N=C(C)C(C)CC)C(N)=C(C)C(=Nc1ccccc1)NC(N)=O. The molecule has 0 saturated carbocycles. The number of aliphatic imine (C=N–C) groups is 2. The maximum atomic E-state index is 11.5. The second-order valence-electron chi connectivity index (χ2n) is 6.80. The van der Waals surface area contributed by atoms with E-state index in [-0.39, 0.29) is 0 Å². The van der Waals surface area contributed by atoms with Gasteiger partial charge in [0.1, 0.15) is 5.84 Å². The second kappa shape index (κ2) is 12.3. The molecule has 1 aromatic carbocycles. The molecule has 0 saturated heterocycles. The zero-order valence-electron chi connectivity index (χ0n) is 18.1. The standard InChI is InChI=1S/C23H33N5O/c1-6-8-12-19(15-26-18(5)16(3)7-2)21(24)17(4)22(28-23(25)29)27-20-13-10-9-11-14-20/h8-16H,6-7,24H2,1-5H3,(H3,25,27,28,29)/b12-8-,19-15+,21-17?,26-18?. The Labute approximate surface area is 174 Å². The van der Waals surface area contributed by atoms with Gasteiger partial charge in [-0.05, 0) is 44.7 Å². The third-order valence-electron chi connectivity index (χ3n) is 4.57. The number of carbonyl (C=O) groups excluding carboxylic acids is 1. The van der Waals surface area contributed by atoms with Crippen LogP contribution in [0, 0.1) is 5.92 Å². The summed E-state index contributed by atoms with van der Waals surface area (Å²) in [6, 6.07) is 8.59. The Morgan fingerprint density at radius 3 is 2.38 bits per heavy atom. The average molecular weight is 396 g/mol. The zero-order valence-corrected chi connectivity index (χ0v) is 18.1. The van der Waals surface area contributed by atoms with Gasteiger partial charge >= 0.3 is 6.03 Å². The van der Waals surface area contributed by atoms with Crippen LogP contribution in [-0.4, -0.2) is 17.6 Å². The molecule has 0 fully saturated rings. The molecule has 6 heteroatoms. The highest BCUT2D eigenvalue weighted by molar-refractivity contribution is 6.08. The van der Waals surface area contributed by atoms with E-state index < -0.39 is 6.03 Å². The minimum Gasteiger partial charge on any atom is -0.398 e. The molecule has 1 aromatic rings. The lowest BCUT2D eigenvalue weighted by Crippen LogP contribution is -2.36. The van der Waals surface area contributed by atoms with Crippen LogP contribution in [0.4, 0.5) is 10.5 Å². The van der Waals surface area contributed by atoms with Crippen LogP contribution in [0.2, 0.25) is 0 Å². The number of nitrogens with zero attached hydrogens (tertiary/aromatic N) is 2. The molecule has 6 nitrogen and oxygen atoms in total. The molecule has 0 spiro atoms. The minimum absolute atomic E-state index is 0.305. The molecule has 156 valence electrons. The predicted octanol–water partition coefficient (Wildman–Crippen LogP) is 4.97. The van der Waals surface area contributed by atoms with Crippen molar-refractivity contribution >= 4 is 23.3 Å². The van der Waals surface area contributed by atoms with Crippen molar-refractivity contribution in [2.75, 3.05) is 0 Å². The normalized spacial score (nSPS) is 15.3. The van der Waals surface area contributed by atoms with Crippen LogP contribution in [-0.2, 0) is 0 Å². The first-order valence-corrected chi connectivity index (χ1v) is 9.88. The van der Waals surface area contributed by atoms with Gasteiger partial charge in [0.25, 0.3) is 0 Å². The number of urea groups is 1. The molecule has 0 heterocycles. The van der Waals surface area contributed by atoms with E-state index in [0.29, 0.717) is 28.7 Å². The number of para-hydroxylation sites is 1. The molecule has 0 aliphatic carbocycles. The molecular formula is C23H33N5O. The number of amides is 2. The van der Waals surface area contributed by atoms with Crippen molar-refractivity contribution in [2.24, 2.45) is 27.4 Å². The Hall–Kier alpha value is -3.15. The Morgan fingerprint density at radius 2 is 1.83 bits per heavy atom. The molecule has 1 rings (SSSR count). The lowest BCUT2D eigenvalue weighted by molar-refractivity contribution is 0.253. The predicted molar refractivity (Wildman–Crippen MR) is 123 cm³/mol. The third-order valence-corrected chi connectivity index (χ3v) is 4.57. The first-order valence-electron chi connectivity index (χ1n) is 9.88. The zero-order chi connectivity index (χ0) is 21.8. The van der Waals surface area contributed by atoms with Gasteiger partial charge in [-0.3, -0.25) is 10.3 Å². The number of benzene rings is 1. The van der Waals surface area contributed by atoms with Gasteiger partial charge in [0.05, 0.1) is 5.69 Å². The number of rotatable bonds is 8. The van der Waals surface area contributed by atoms with Crippen LogP contribution < -0.4 is 16.8 Å². The maximum Gasteiger partial charge on any atom is 0.317 e. The Balaban J connectivity index is 3.45. The third kappa shape index (κ3) is 8.17. The van der Waals surface area contributed by atoms with Crippen LogP contribution in [0.5, 0.6) is 0 Å². The summed E-state index contributed by atoms with van der Waals surface area (Å²) in [5, 5.41) is 2.58. The largest absolute Gasteiger partial charge is 0.398 e. The van der Waals surface area contributed by atoms with Crippen molar-refractivity contribution in [2.45, 2.75) is 47.5 Å². The fourth-order valence-electron chi connectivity index (χ4n) is 2.34. The van der Waals surface area contributed by atoms with Crippen LogP contribution >= 0.6 is 0 Å². The van der Waals surface area contributed by atoms with Crippen LogP contribution in [0.15, 0.2) is 75.5 Å². The average Bonchev–Trinajstić information content (AvgIpc) is 2.71. The summed E-state index contributed by atoms with van der Waals surface area (Å²) in [4.78, 5) is 20.6. The summed E-state index contributed by atoms with van der Waals surface area (Å²) in [5.41, 5.74) is 15.3. The summed E-state index contributed by atoms with van der Waals surface area (Å²) in [6.45, 7) is 10.1. The summed E-state index contributed by atoms with van der Waals surface area (Å²) in [5.74, 6) is 0.695. The molecule has 2 amide bonds. The van der Waals surface area contributed by atoms with E-state index in [1.807, 2.05) is 56.3 Å². The van der Waals surface area contributed by atoms with E-state index >= 15 is 0 Å². The Morgan fingerprint density at radius 1 is 1.17 bits per heavy atom. The van der Waals surface area contributed by atoms with E-state index in [2.05, 4.69) is 29.1 Å². The van der Waals surface area contributed by atoms with E-state index in [1.165, 1.54) is 0 Å². The second-order valence-corrected chi connectivity index (χ2v) is 6.80. The van der Waals surface area contributed by atoms with Gasteiger partial charge < -0.3 is 11.5 Å². The van der Waals surface area contributed by atoms with Gasteiger partial charge in [-0.15, -0.1) is 0 Å². The fourth-order valence-corrected chi connectivity index (χ4v) is 2.34. The van der Waals surface area contributed by atoms with Crippen molar-refractivity contribution in [1.29, 1.82) is 0 Å². The number of carbonyl (C=O) groups is 1. The van der Waals surface area contributed by atoms with Gasteiger partial charge in [0.2, 0.25) is 0 Å². The monoisotopic (exact) mass is 395 g/mol. The molecule has 0 aromatic heterocycles. The van der Waals surface area contributed by atoms with Crippen LogP contribution in [0.1, 0.15) is 47.5 Å². The van der Waals surface area contributed by atoms with E-state index in [4.69, 9.17) is 11.5 Å². The van der Waals surface area contributed by atoms with Crippen molar-refractivity contribution in [3.05, 3.63) is 65.5 Å². The van der Waals surface area contributed by atoms with Gasteiger partial charge in [0.15, 0.2) is 0 Å².